The van der Waals surface area contributed by atoms with Crippen molar-refractivity contribution in [2.75, 3.05) is 5.32 Å². The zero-order valence-corrected chi connectivity index (χ0v) is 12.6. The Labute approximate surface area is 134 Å². The molecule has 3 heterocycles. The van der Waals surface area contributed by atoms with Crippen molar-refractivity contribution in [3.63, 3.8) is 0 Å². The number of fused-ring (bicyclic) bond motifs is 1. The van der Waals surface area contributed by atoms with E-state index in [1.807, 2.05) is 47.2 Å². The maximum Gasteiger partial charge on any atom is 0.322 e. The lowest BCUT2D eigenvalue weighted by molar-refractivity contribution is 0.102. The number of carbonyl (C=O) groups excluding carboxylic acids is 1. The minimum absolute atomic E-state index is 0.0474. The number of nitrogens with one attached hydrogen (secondary N) is 1. The summed E-state index contributed by atoms with van der Waals surface area (Å²) < 4.78 is 5.43. The molecule has 0 bridgehead atoms. The third-order valence-corrected chi connectivity index (χ3v) is 3.93. The first-order valence-corrected chi connectivity index (χ1v) is 7.77. The fourth-order valence-electron chi connectivity index (χ4n) is 2.13. The zero-order valence-electron chi connectivity index (χ0n) is 11.8. The summed E-state index contributed by atoms with van der Waals surface area (Å²) in [5, 5.41) is 15.1. The molecule has 0 aliphatic rings. The molecule has 1 N–H and O–H groups in total. The van der Waals surface area contributed by atoms with Crippen LogP contribution in [-0.4, -0.2) is 21.1 Å². The molecule has 4 rings (SSSR count). The molecule has 0 aliphatic heterocycles. The Morgan fingerprint density at radius 3 is 2.87 bits per heavy atom. The van der Waals surface area contributed by atoms with E-state index in [1.54, 1.807) is 6.07 Å². The van der Waals surface area contributed by atoms with Gasteiger partial charge in [0.25, 0.3) is 11.8 Å². The fraction of sp³-hybridized carbons (Fsp3) is 0. The second-order valence-corrected chi connectivity index (χ2v) is 5.55. The number of carbonyl (C=O) groups is 1. The average Bonchev–Trinajstić information content (AvgIpc) is 3.25. The molecular formula is C16H10N4O2S. The van der Waals surface area contributed by atoms with Gasteiger partial charge in [-0.3, -0.25) is 10.1 Å². The molecule has 0 fully saturated rings. The predicted molar refractivity (Wildman–Crippen MR) is 87.3 cm³/mol. The molecule has 6 nitrogen and oxygen atoms in total. The molecule has 0 saturated heterocycles. The number of hydrogen-bond donors (Lipinski definition) is 1. The molecule has 3 aromatic heterocycles. The number of aromatic nitrogens is 3. The van der Waals surface area contributed by atoms with Crippen LogP contribution < -0.4 is 5.32 Å². The summed E-state index contributed by atoms with van der Waals surface area (Å²) in [4.78, 5) is 16.6. The van der Waals surface area contributed by atoms with Crippen molar-refractivity contribution >= 4 is 34.2 Å². The van der Waals surface area contributed by atoms with Crippen LogP contribution >= 0.6 is 11.3 Å². The maximum atomic E-state index is 12.3. The van der Waals surface area contributed by atoms with Crippen molar-refractivity contribution in [1.29, 1.82) is 0 Å². The summed E-state index contributed by atoms with van der Waals surface area (Å²) >= 11 is 1.53. The topological polar surface area (TPSA) is 80.9 Å². The van der Waals surface area contributed by atoms with Crippen LogP contribution in [0.2, 0.25) is 0 Å². The van der Waals surface area contributed by atoms with Crippen molar-refractivity contribution in [1.82, 2.24) is 15.2 Å². The molecule has 1 amide bonds. The van der Waals surface area contributed by atoms with E-state index in [-0.39, 0.29) is 6.01 Å². The van der Waals surface area contributed by atoms with Gasteiger partial charge in [-0.25, -0.2) is 4.98 Å². The maximum absolute atomic E-state index is 12.3. The van der Waals surface area contributed by atoms with Crippen LogP contribution in [0.25, 0.3) is 22.4 Å². The Kier molecular flexibility index (Phi) is 3.32. The van der Waals surface area contributed by atoms with Crippen LogP contribution in [0.4, 0.5) is 6.01 Å². The van der Waals surface area contributed by atoms with Gasteiger partial charge in [-0.15, -0.1) is 5.10 Å². The van der Waals surface area contributed by atoms with Gasteiger partial charge in [0.2, 0.25) is 0 Å². The Hall–Kier alpha value is -3.06. The van der Waals surface area contributed by atoms with E-state index in [0.717, 1.165) is 16.5 Å². The molecule has 0 atom stereocenters. The van der Waals surface area contributed by atoms with E-state index in [1.165, 1.54) is 11.3 Å². The minimum Gasteiger partial charge on any atom is -0.403 e. The summed E-state index contributed by atoms with van der Waals surface area (Å²) in [6.07, 6.45) is 0. The highest BCUT2D eigenvalue weighted by Gasteiger charge is 2.14. The number of nitrogens with zero attached hydrogens (tertiary/aromatic N) is 3. The number of amides is 1. The Bertz CT molecular complexity index is 979. The number of para-hydroxylation sites is 1. The molecule has 0 aliphatic carbocycles. The second kappa shape index (κ2) is 5.62. The lowest BCUT2D eigenvalue weighted by atomic mass is 10.2. The quantitative estimate of drug-likeness (QED) is 0.623. The van der Waals surface area contributed by atoms with Gasteiger partial charge in [0, 0.05) is 16.3 Å². The van der Waals surface area contributed by atoms with Crippen LogP contribution in [0.15, 0.2) is 57.6 Å². The largest absolute Gasteiger partial charge is 0.403 e. The SMILES string of the molecule is O=C(Nc1nnc(-c2ccsc2)o1)c1ccc2ccccc2n1. The second-order valence-electron chi connectivity index (χ2n) is 4.77. The van der Waals surface area contributed by atoms with E-state index < -0.39 is 5.91 Å². The first-order valence-electron chi connectivity index (χ1n) is 6.83. The normalized spacial score (nSPS) is 10.8. The van der Waals surface area contributed by atoms with E-state index in [2.05, 4.69) is 20.5 Å². The van der Waals surface area contributed by atoms with E-state index in [0.29, 0.717) is 11.6 Å². The molecule has 1 aromatic carbocycles. The summed E-state index contributed by atoms with van der Waals surface area (Å²) in [6.45, 7) is 0. The van der Waals surface area contributed by atoms with Crippen LogP contribution in [0.3, 0.4) is 0 Å². The number of rotatable bonds is 3. The van der Waals surface area contributed by atoms with Crippen molar-refractivity contribution in [2.24, 2.45) is 0 Å². The fourth-order valence-corrected chi connectivity index (χ4v) is 2.76. The number of thiophene rings is 1. The molecule has 7 heteroatoms. The van der Waals surface area contributed by atoms with E-state index in [9.17, 15) is 4.79 Å². The van der Waals surface area contributed by atoms with E-state index in [4.69, 9.17) is 4.42 Å². The standard InChI is InChI=1S/C16H10N4O2S/c21-14(13-6-5-10-3-1-2-4-12(10)17-13)18-16-20-19-15(22-16)11-7-8-23-9-11/h1-9H,(H,18,20,21). The lowest BCUT2D eigenvalue weighted by Crippen LogP contribution is -2.13. The van der Waals surface area contributed by atoms with Gasteiger partial charge >= 0.3 is 6.01 Å². The molecule has 4 aromatic rings. The number of hydrogen-bond acceptors (Lipinski definition) is 6. The van der Waals surface area contributed by atoms with Gasteiger partial charge in [0.05, 0.1) is 5.52 Å². The van der Waals surface area contributed by atoms with Gasteiger partial charge in [0.15, 0.2) is 0 Å². The van der Waals surface area contributed by atoms with Gasteiger partial charge < -0.3 is 4.42 Å². The van der Waals surface area contributed by atoms with Gasteiger partial charge in [-0.1, -0.05) is 29.4 Å². The first-order chi connectivity index (χ1) is 11.3. The first kappa shape index (κ1) is 13.6. The van der Waals surface area contributed by atoms with Crippen LogP contribution in [0, 0.1) is 0 Å². The predicted octanol–water partition coefficient (Wildman–Crippen LogP) is 3.60. The zero-order chi connectivity index (χ0) is 15.6. The smallest absolute Gasteiger partial charge is 0.322 e. The van der Waals surface area contributed by atoms with Crippen LogP contribution in [0.1, 0.15) is 10.5 Å². The third kappa shape index (κ3) is 2.69. The summed E-state index contributed by atoms with van der Waals surface area (Å²) in [6, 6.07) is 13.0. The molecule has 0 unspecified atom stereocenters. The van der Waals surface area contributed by atoms with Crippen molar-refractivity contribution in [2.45, 2.75) is 0 Å². The molecule has 23 heavy (non-hydrogen) atoms. The molecule has 0 radical (unpaired) electrons. The van der Waals surface area contributed by atoms with Crippen LogP contribution in [0.5, 0.6) is 0 Å². The molecule has 0 saturated carbocycles. The van der Waals surface area contributed by atoms with Crippen molar-refractivity contribution < 1.29 is 9.21 Å². The Morgan fingerprint density at radius 1 is 1.09 bits per heavy atom. The summed E-state index contributed by atoms with van der Waals surface area (Å²) in [7, 11) is 0. The number of anilines is 1. The number of benzene rings is 1. The minimum atomic E-state index is -0.392. The average molecular weight is 322 g/mol. The van der Waals surface area contributed by atoms with Gasteiger partial charge in [-0.05, 0) is 23.6 Å². The molecule has 0 spiro atoms. The highest BCUT2D eigenvalue weighted by molar-refractivity contribution is 7.08. The highest BCUT2D eigenvalue weighted by atomic mass is 32.1. The Balaban J connectivity index is 1.57. The monoisotopic (exact) mass is 322 g/mol. The summed E-state index contributed by atoms with van der Waals surface area (Å²) in [5.74, 6) is -0.0238. The van der Waals surface area contributed by atoms with Crippen LogP contribution in [-0.2, 0) is 0 Å². The summed E-state index contributed by atoms with van der Waals surface area (Å²) in [5.41, 5.74) is 1.87. The molecular weight excluding hydrogens is 312 g/mol. The van der Waals surface area contributed by atoms with Crippen molar-refractivity contribution in [3.05, 3.63) is 58.9 Å². The number of pyridine rings is 1. The highest BCUT2D eigenvalue weighted by Crippen LogP contribution is 2.22. The lowest BCUT2D eigenvalue weighted by Gasteiger charge is -2.02. The van der Waals surface area contributed by atoms with Gasteiger partial charge in [0.1, 0.15) is 5.69 Å². The van der Waals surface area contributed by atoms with Crippen molar-refractivity contribution in [3.8, 4) is 11.5 Å². The third-order valence-electron chi connectivity index (χ3n) is 3.24. The Morgan fingerprint density at radius 2 is 2.00 bits per heavy atom. The van der Waals surface area contributed by atoms with E-state index >= 15 is 0 Å². The van der Waals surface area contributed by atoms with Gasteiger partial charge in [-0.2, -0.15) is 11.3 Å². The molecule has 112 valence electrons.